The SMILES string of the molecule is CCN(Cc1ccc(N(C)C)cc1)C(=O)[C@@H](N)C(C)(C)C. The van der Waals surface area contributed by atoms with Crippen molar-refractivity contribution in [3.63, 3.8) is 0 Å². The summed E-state index contributed by atoms with van der Waals surface area (Å²) >= 11 is 0. The predicted molar refractivity (Wildman–Crippen MR) is 89.3 cm³/mol. The highest BCUT2D eigenvalue weighted by molar-refractivity contribution is 5.82. The zero-order valence-corrected chi connectivity index (χ0v) is 14.2. The zero-order chi connectivity index (χ0) is 16.2. The fourth-order valence-electron chi connectivity index (χ4n) is 2.03. The van der Waals surface area contributed by atoms with Crippen molar-refractivity contribution in [2.24, 2.45) is 11.1 Å². The third-order valence-corrected chi connectivity index (χ3v) is 3.72. The lowest BCUT2D eigenvalue weighted by Crippen LogP contribution is -2.50. The number of benzene rings is 1. The number of nitrogens with zero attached hydrogens (tertiary/aromatic N) is 2. The van der Waals surface area contributed by atoms with Crippen LogP contribution in [0.4, 0.5) is 5.69 Å². The van der Waals surface area contributed by atoms with Gasteiger partial charge < -0.3 is 15.5 Å². The standard InChI is InChI=1S/C17H29N3O/c1-7-20(16(21)15(18)17(2,3)4)12-13-8-10-14(11-9-13)19(5)6/h8-11,15H,7,12,18H2,1-6H3/t15-/m1/s1. The Bertz CT molecular complexity index is 460. The minimum atomic E-state index is -0.474. The number of anilines is 1. The fourth-order valence-corrected chi connectivity index (χ4v) is 2.03. The molecule has 1 amide bonds. The van der Waals surface area contributed by atoms with Crippen LogP contribution in [-0.4, -0.2) is 37.5 Å². The second-order valence-electron chi connectivity index (χ2n) is 6.76. The van der Waals surface area contributed by atoms with E-state index in [0.29, 0.717) is 13.1 Å². The summed E-state index contributed by atoms with van der Waals surface area (Å²) in [6.07, 6.45) is 0. The number of carbonyl (C=O) groups is 1. The van der Waals surface area contributed by atoms with Gasteiger partial charge in [0, 0.05) is 32.9 Å². The third kappa shape index (κ3) is 4.74. The van der Waals surface area contributed by atoms with Crippen LogP contribution in [0, 0.1) is 5.41 Å². The summed E-state index contributed by atoms with van der Waals surface area (Å²) in [5.41, 5.74) is 8.14. The van der Waals surface area contributed by atoms with E-state index in [9.17, 15) is 4.79 Å². The fraction of sp³-hybridized carbons (Fsp3) is 0.588. The molecule has 118 valence electrons. The minimum absolute atomic E-state index is 0.0155. The number of rotatable bonds is 5. The maximum atomic E-state index is 12.5. The molecule has 0 aliphatic heterocycles. The molecule has 1 atom stereocenters. The van der Waals surface area contributed by atoms with Gasteiger partial charge in [0.15, 0.2) is 0 Å². The average molecular weight is 291 g/mol. The van der Waals surface area contributed by atoms with Crippen molar-refractivity contribution in [3.8, 4) is 0 Å². The number of likely N-dealkylation sites (N-methyl/N-ethyl adjacent to an activating group) is 1. The van der Waals surface area contributed by atoms with E-state index in [1.54, 1.807) is 0 Å². The molecule has 4 heteroatoms. The van der Waals surface area contributed by atoms with Crippen molar-refractivity contribution < 1.29 is 4.79 Å². The number of amides is 1. The van der Waals surface area contributed by atoms with E-state index >= 15 is 0 Å². The van der Waals surface area contributed by atoms with Crippen molar-refractivity contribution in [1.29, 1.82) is 0 Å². The van der Waals surface area contributed by atoms with E-state index < -0.39 is 6.04 Å². The topological polar surface area (TPSA) is 49.6 Å². The number of hydrogen-bond donors (Lipinski definition) is 1. The summed E-state index contributed by atoms with van der Waals surface area (Å²) in [6.45, 7) is 9.24. The molecule has 0 radical (unpaired) electrons. The maximum Gasteiger partial charge on any atom is 0.240 e. The van der Waals surface area contributed by atoms with Crippen LogP contribution in [0.15, 0.2) is 24.3 Å². The highest BCUT2D eigenvalue weighted by Gasteiger charge is 2.30. The van der Waals surface area contributed by atoms with Crippen LogP contribution in [0.1, 0.15) is 33.3 Å². The van der Waals surface area contributed by atoms with Gasteiger partial charge in [-0.3, -0.25) is 4.79 Å². The molecule has 0 aliphatic rings. The molecular formula is C17H29N3O. The van der Waals surface area contributed by atoms with E-state index in [-0.39, 0.29) is 11.3 Å². The molecule has 0 fully saturated rings. The van der Waals surface area contributed by atoms with Gasteiger partial charge in [0.1, 0.15) is 0 Å². The molecule has 21 heavy (non-hydrogen) atoms. The molecule has 2 N–H and O–H groups in total. The second-order valence-corrected chi connectivity index (χ2v) is 6.76. The van der Waals surface area contributed by atoms with Crippen LogP contribution in [0.3, 0.4) is 0 Å². The Morgan fingerprint density at radius 2 is 1.71 bits per heavy atom. The maximum absolute atomic E-state index is 12.5. The lowest BCUT2D eigenvalue weighted by atomic mass is 9.86. The Morgan fingerprint density at radius 3 is 2.10 bits per heavy atom. The molecule has 1 rings (SSSR count). The number of nitrogens with two attached hydrogens (primary N) is 1. The Kier molecular flexibility index (Phi) is 5.78. The van der Waals surface area contributed by atoms with Crippen LogP contribution >= 0.6 is 0 Å². The molecular weight excluding hydrogens is 262 g/mol. The molecule has 1 aromatic carbocycles. The van der Waals surface area contributed by atoms with Gasteiger partial charge in [-0.2, -0.15) is 0 Å². The summed E-state index contributed by atoms with van der Waals surface area (Å²) in [6, 6.07) is 7.79. The molecule has 0 saturated carbocycles. The van der Waals surface area contributed by atoms with Gasteiger partial charge in [-0.1, -0.05) is 32.9 Å². The molecule has 0 spiro atoms. The summed E-state index contributed by atoms with van der Waals surface area (Å²) in [5.74, 6) is 0.0155. The van der Waals surface area contributed by atoms with Crippen LogP contribution in [0.25, 0.3) is 0 Å². The lowest BCUT2D eigenvalue weighted by molar-refractivity contribution is -0.135. The van der Waals surface area contributed by atoms with Crippen molar-refractivity contribution >= 4 is 11.6 Å². The van der Waals surface area contributed by atoms with Gasteiger partial charge in [-0.15, -0.1) is 0 Å². The van der Waals surface area contributed by atoms with Crippen molar-refractivity contribution in [3.05, 3.63) is 29.8 Å². The lowest BCUT2D eigenvalue weighted by Gasteiger charge is -2.31. The van der Waals surface area contributed by atoms with E-state index in [1.807, 2.05) is 46.7 Å². The minimum Gasteiger partial charge on any atom is -0.378 e. The van der Waals surface area contributed by atoms with Crippen molar-refractivity contribution in [2.75, 3.05) is 25.5 Å². The summed E-state index contributed by atoms with van der Waals surface area (Å²) in [4.78, 5) is 16.4. The molecule has 4 nitrogen and oxygen atoms in total. The number of hydrogen-bond acceptors (Lipinski definition) is 3. The highest BCUT2D eigenvalue weighted by Crippen LogP contribution is 2.20. The first-order chi connectivity index (χ1) is 9.66. The van der Waals surface area contributed by atoms with E-state index in [4.69, 9.17) is 5.73 Å². The van der Waals surface area contributed by atoms with Gasteiger partial charge in [0.05, 0.1) is 6.04 Å². The Labute approximate surface area is 128 Å². The number of carbonyl (C=O) groups excluding carboxylic acids is 1. The molecule has 0 bridgehead atoms. The van der Waals surface area contributed by atoms with E-state index in [2.05, 4.69) is 29.2 Å². The Morgan fingerprint density at radius 1 is 1.19 bits per heavy atom. The first-order valence-corrected chi connectivity index (χ1v) is 7.47. The van der Waals surface area contributed by atoms with Crippen LogP contribution in [0.5, 0.6) is 0 Å². The van der Waals surface area contributed by atoms with Gasteiger partial charge in [0.2, 0.25) is 5.91 Å². The Hall–Kier alpha value is -1.55. The summed E-state index contributed by atoms with van der Waals surface area (Å²) < 4.78 is 0. The monoisotopic (exact) mass is 291 g/mol. The third-order valence-electron chi connectivity index (χ3n) is 3.72. The normalized spacial score (nSPS) is 12.9. The summed E-state index contributed by atoms with van der Waals surface area (Å²) in [5, 5.41) is 0. The molecule has 0 aliphatic carbocycles. The molecule has 0 unspecified atom stereocenters. The van der Waals surface area contributed by atoms with Crippen molar-refractivity contribution in [2.45, 2.75) is 40.3 Å². The van der Waals surface area contributed by atoms with Gasteiger partial charge in [-0.05, 0) is 30.0 Å². The van der Waals surface area contributed by atoms with Gasteiger partial charge in [-0.25, -0.2) is 0 Å². The first kappa shape index (κ1) is 17.5. The molecule has 0 saturated heterocycles. The molecule has 0 aromatic heterocycles. The molecule has 0 heterocycles. The zero-order valence-electron chi connectivity index (χ0n) is 14.2. The van der Waals surface area contributed by atoms with E-state index in [0.717, 1.165) is 11.3 Å². The average Bonchev–Trinajstić information content (AvgIpc) is 2.42. The first-order valence-electron chi connectivity index (χ1n) is 7.47. The quantitative estimate of drug-likeness (QED) is 0.906. The second kappa shape index (κ2) is 6.94. The van der Waals surface area contributed by atoms with Gasteiger partial charge in [0.25, 0.3) is 0 Å². The smallest absolute Gasteiger partial charge is 0.240 e. The highest BCUT2D eigenvalue weighted by atomic mass is 16.2. The van der Waals surface area contributed by atoms with Gasteiger partial charge >= 0.3 is 0 Å². The van der Waals surface area contributed by atoms with Crippen molar-refractivity contribution in [1.82, 2.24) is 4.90 Å². The van der Waals surface area contributed by atoms with Crippen LogP contribution in [-0.2, 0) is 11.3 Å². The predicted octanol–water partition coefficient (Wildman–Crippen LogP) is 2.47. The largest absolute Gasteiger partial charge is 0.378 e. The Balaban J connectivity index is 2.80. The van der Waals surface area contributed by atoms with Crippen LogP contribution < -0.4 is 10.6 Å². The molecule has 1 aromatic rings. The summed E-state index contributed by atoms with van der Waals surface area (Å²) in [7, 11) is 4.03. The van der Waals surface area contributed by atoms with Crippen LogP contribution in [0.2, 0.25) is 0 Å². The van der Waals surface area contributed by atoms with E-state index in [1.165, 1.54) is 0 Å².